The van der Waals surface area contributed by atoms with E-state index in [-0.39, 0.29) is 12.4 Å². The molecule has 0 saturated heterocycles. The van der Waals surface area contributed by atoms with E-state index >= 15 is 0 Å². The minimum atomic E-state index is -0.00649. The van der Waals surface area contributed by atoms with Gasteiger partial charge in [-0.25, -0.2) is 0 Å². The molecule has 3 aromatic rings. The molecule has 3 rings (SSSR count). The van der Waals surface area contributed by atoms with Crippen LogP contribution in [0.1, 0.15) is 0 Å². The molecule has 0 radical (unpaired) electrons. The third kappa shape index (κ3) is 2.67. The molecule has 21 heavy (non-hydrogen) atoms. The Labute approximate surface area is 121 Å². The summed E-state index contributed by atoms with van der Waals surface area (Å²) in [6.07, 6.45) is 0. The average Bonchev–Trinajstić information content (AvgIpc) is 2.86. The molecule has 0 aliphatic rings. The molecule has 0 saturated carbocycles. The topological polar surface area (TPSA) is 84.2 Å². The third-order valence-corrected chi connectivity index (χ3v) is 3.17. The summed E-state index contributed by atoms with van der Waals surface area (Å²) in [4.78, 5) is 0. The highest BCUT2D eigenvalue weighted by molar-refractivity contribution is 5.92. The number of benzene rings is 2. The summed E-state index contributed by atoms with van der Waals surface area (Å²) in [5.41, 5.74) is 8.75. The van der Waals surface area contributed by atoms with Gasteiger partial charge in [-0.2, -0.15) is 5.10 Å². The van der Waals surface area contributed by atoms with Crippen molar-refractivity contribution in [1.82, 2.24) is 10.2 Å². The van der Waals surface area contributed by atoms with Crippen LogP contribution in [0.25, 0.3) is 22.0 Å². The van der Waals surface area contributed by atoms with Crippen LogP contribution in [0.2, 0.25) is 0 Å². The number of hydrogen-bond donors (Lipinski definition) is 3. The van der Waals surface area contributed by atoms with E-state index < -0.39 is 0 Å². The first-order valence-electron chi connectivity index (χ1n) is 6.47. The van der Waals surface area contributed by atoms with Gasteiger partial charge in [-0.1, -0.05) is 24.8 Å². The van der Waals surface area contributed by atoms with Gasteiger partial charge in [0.25, 0.3) is 0 Å². The van der Waals surface area contributed by atoms with Crippen molar-refractivity contribution in [3.05, 3.63) is 54.8 Å². The van der Waals surface area contributed by atoms with Gasteiger partial charge in [0.2, 0.25) is 0 Å². The standard InChI is InChI=1S/C16H15N3O2/c1-10(20)9-21-13-4-2-3-11(7-13)12-5-6-15-14(8-12)16(17)19-18-15/h2-8,20H,1,9H2,(H3,17,18,19). The van der Waals surface area contributed by atoms with E-state index in [1.54, 1.807) is 0 Å². The fourth-order valence-electron chi connectivity index (χ4n) is 2.15. The fraction of sp³-hybridized carbons (Fsp3) is 0.0625. The lowest BCUT2D eigenvalue weighted by Crippen LogP contribution is -1.99. The molecule has 5 heteroatoms. The van der Waals surface area contributed by atoms with E-state index in [4.69, 9.17) is 15.6 Å². The number of H-pyrrole nitrogens is 1. The lowest BCUT2D eigenvalue weighted by atomic mass is 10.0. The average molecular weight is 281 g/mol. The van der Waals surface area contributed by atoms with Gasteiger partial charge in [0.15, 0.2) is 5.82 Å². The number of nitrogens with zero attached hydrogens (tertiary/aromatic N) is 1. The number of ether oxygens (including phenoxy) is 1. The Morgan fingerprint density at radius 2 is 2.05 bits per heavy atom. The normalized spacial score (nSPS) is 10.7. The second-order valence-corrected chi connectivity index (χ2v) is 4.75. The van der Waals surface area contributed by atoms with Crippen LogP contribution in [-0.4, -0.2) is 21.9 Å². The number of nitrogens with one attached hydrogen (secondary N) is 1. The Morgan fingerprint density at radius 1 is 1.24 bits per heavy atom. The lowest BCUT2D eigenvalue weighted by molar-refractivity contribution is 0.272. The Kier molecular flexibility index (Phi) is 3.23. The van der Waals surface area contributed by atoms with Crippen LogP contribution in [-0.2, 0) is 0 Å². The van der Waals surface area contributed by atoms with Gasteiger partial charge < -0.3 is 15.6 Å². The smallest absolute Gasteiger partial charge is 0.153 e. The minimum absolute atomic E-state index is 0.00649. The van der Waals surface area contributed by atoms with E-state index in [0.717, 1.165) is 22.0 Å². The van der Waals surface area contributed by atoms with Crippen LogP contribution in [0, 0.1) is 0 Å². The van der Waals surface area contributed by atoms with Crippen molar-refractivity contribution in [3.8, 4) is 16.9 Å². The van der Waals surface area contributed by atoms with Gasteiger partial charge in [-0.3, -0.25) is 5.10 Å². The molecular formula is C16H15N3O2. The summed E-state index contributed by atoms with van der Waals surface area (Å²) in [7, 11) is 0. The number of aromatic nitrogens is 2. The zero-order valence-corrected chi connectivity index (χ0v) is 11.3. The Hall–Kier alpha value is -2.95. The van der Waals surface area contributed by atoms with E-state index in [1.165, 1.54) is 0 Å². The summed E-state index contributed by atoms with van der Waals surface area (Å²) < 4.78 is 5.43. The molecule has 0 aliphatic carbocycles. The zero-order chi connectivity index (χ0) is 14.8. The molecule has 0 aliphatic heterocycles. The highest BCUT2D eigenvalue weighted by atomic mass is 16.5. The molecular weight excluding hydrogens is 266 g/mol. The molecule has 2 aromatic carbocycles. The van der Waals surface area contributed by atoms with Crippen LogP contribution in [0.3, 0.4) is 0 Å². The first kappa shape index (κ1) is 13.1. The van der Waals surface area contributed by atoms with Crippen molar-refractivity contribution < 1.29 is 9.84 Å². The number of rotatable bonds is 4. The Balaban J connectivity index is 1.95. The maximum Gasteiger partial charge on any atom is 0.153 e. The molecule has 4 N–H and O–H groups in total. The highest BCUT2D eigenvalue weighted by Crippen LogP contribution is 2.28. The highest BCUT2D eigenvalue weighted by Gasteiger charge is 2.06. The van der Waals surface area contributed by atoms with Gasteiger partial charge in [0, 0.05) is 5.39 Å². The SMILES string of the molecule is C=C(O)COc1cccc(-c2ccc3[nH]nc(N)c3c2)c1. The van der Waals surface area contributed by atoms with E-state index in [1.807, 2.05) is 42.5 Å². The molecule has 0 amide bonds. The fourth-order valence-corrected chi connectivity index (χ4v) is 2.15. The van der Waals surface area contributed by atoms with Gasteiger partial charge in [-0.05, 0) is 35.4 Å². The minimum Gasteiger partial charge on any atom is -0.509 e. The number of nitrogens with two attached hydrogens (primary N) is 1. The molecule has 0 unspecified atom stereocenters. The van der Waals surface area contributed by atoms with Crippen LogP contribution in [0.5, 0.6) is 5.75 Å². The molecule has 0 bridgehead atoms. The van der Waals surface area contributed by atoms with E-state index in [9.17, 15) is 0 Å². The largest absolute Gasteiger partial charge is 0.509 e. The summed E-state index contributed by atoms with van der Waals surface area (Å²) in [6.45, 7) is 3.48. The quantitative estimate of drug-likeness (QED) is 0.641. The number of aromatic amines is 1. The van der Waals surface area contributed by atoms with Gasteiger partial charge in [-0.15, -0.1) is 0 Å². The number of nitrogen functional groups attached to an aromatic ring is 1. The van der Waals surface area contributed by atoms with Gasteiger partial charge in [0.05, 0.1) is 5.52 Å². The number of anilines is 1. The predicted octanol–water partition coefficient (Wildman–Crippen LogP) is 3.26. The molecule has 5 nitrogen and oxygen atoms in total. The van der Waals surface area contributed by atoms with Crippen molar-refractivity contribution in [2.45, 2.75) is 0 Å². The van der Waals surface area contributed by atoms with Gasteiger partial charge >= 0.3 is 0 Å². The van der Waals surface area contributed by atoms with Crippen molar-refractivity contribution in [3.63, 3.8) is 0 Å². The molecule has 1 aromatic heterocycles. The summed E-state index contributed by atoms with van der Waals surface area (Å²) in [5, 5.41) is 16.8. The Morgan fingerprint density at radius 3 is 2.86 bits per heavy atom. The predicted molar refractivity (Wildman–Crippen MR) is 83.2 cm³/mol. The number of aliphatic hydroxyl groups is 1. The maximum atomic E-state index is 9.08. The lowest BCUT2D eigenvalue weighted by Gasteiger charge is -2.07. The first-order chi connectivity index (χ1) is 10.1. The van der Waals surface area contributed by atoms with Crippen molar-refractivity contribution in [2.75, 3.05) is 12.3 Å². The van der Waals surface area contributed by atoms with E-state index in [0.29, 0.717) is 11.6 Å². The summed E-state index contributed by atoms with van der Waals surface area (Å²) in [6, 6.07) is 13.5. The second-order valence-electron chi connectivity index (χ2n) is 4.75. The maximum absolute atomic E-state index is 9.08. The third-order valence-electron chi connectivity index (χ3n) is 3.17. The summed E-state index contributed by atoms with van der Waals surface area (Å²) >= 11 is 0. The van der Waals surface area contributed by atoms with Gasteiger partial charge in [0.1, 0.15) is 18.1 Å². The van der Waals surface area contributed by atoms with Crippen molar-refractivity contribution in [2.24, 2.45) is 0 Å². The number of hydrogen-bond acceptors (Lipinski definition) is 4. The molecule has 0 atom stereocenters. The van der Waals surface area contributed by atoms with Crippen molar-refractivity contribution in [1.29, 1.82) is 0 Å². The van der Waals surface area contributed by atoms with Crippen LogP contribution in [0.4, 0.5) is 5.82 Å². The van der Waals surface area contributed by atoms with Crippen molar-refractivity contribution >= 4 is 16.7 Å². The zero-order valence-electron chi connectivity index (χ0n) is 11.3. The second kappa shape index (κ2) is 5.20. The monoisotopic (exact) mass is 281 g/mol. The van der Waals surface area contributed by atoms with Crippen LogP contribution in [0.15, 0.2) is 54.8 Å². The molecule has 1 heterocycles. The van der Waals surface area contributed by atoms with E-state index in [2.05, 4.69) is 16.8 Å². The van der Waals surface area contributed by atoms with Crippen LogP contribution >= 0.6 is 0 Å². The molecule has 0 fully saturated rings. The number of aliphatic hydroxyl groups excluding tert-OH is 1. The molecule has 0 spiro atoms. The Bertz CT molecular complexity index is 808. The molecule has 106 valence electrons. The summed E-state index contributed by atoms with van der Waals surface area (Å²) in [5.74, 6) is 1.15. The first-order valence-corrected chi connectivity index (χ1v) is 6.47. The number of fused-ring (bicyclic) bond motifs is 1. The van der Waals surface area contributed by atoms with Crippen LogP contribution < -0.4 is 10.5 Å².